The molecule has 17 heavy (non-hydrogen) atoms. The van der Waals surface area contributed by atoms with Crippen LogP contribution in [0.5, 0.6) is 5.75 Å². The Hall–Kier alpha value is -1.55. The third-order valence-electron chi connectivity index (χ3n) is 3.29. The number of hydrogen-bond acceptors (Lipinski definition) is 3. The number of carbonyl (C=O) groups is 1. The summed E-state index contributed by atoms with van der Waals surface area (Å²) in [4.78, 5) is 10.8. The van der Waals surface area contributed by atoms with Crippen molar-refractivity contribution in [1.29, 1.82) is 0 Å². The van der Waals surface area contributed by atoms with Crippen molar-refractivity contribution in [2.45, 2.75) is 24.8 Å². The number of rotatable bonds is 4. The van der Waals surface area contributed by atoms with E-state index < -0.39 is 5.97 Å². The number of carboxylic acid groups (broad SMARTS) is 1. The summed E-state index contributed by atoms with van der Waals surface area (Å²) in [5, 5.41) is 12.1. The highest BCUT2D eigenvalue weighted by Crippen LogP contribution is 2.30. The molecule has 1 fully saturated rings. The smallest absolute Gasteiger partial charge is 0.304 e. The average molecular weight is 235 g/mol. The monoisotopic (exact) mass is 235 g/mol. The van der Waals surface area contributed by atoms with Crippen molar-refractivity contribution in [1.82, 2.24) is 5.32 Å². The minimum atomic E-state index is -0.747. The molecule has 2 atom stereocenters. The van der Waals surface area contributed by atoms with Gasteiger partial charge in [-0.1, -0.05) is 12.1 Å². The van der Waals surface area contributed by atoms with Crippen LogP contribution < -0.4 is 10.1 Å². The van der Waals surface area contributed by atoms with Crippen LogP contribution >= 0.6 is 0 Å². The predicted octanol–water partition coefficient (Wildman–Crippen LogP) is 1.62. The maximum atomic E-state index is 10.8. The second-order valence-corrected chi connectivity index (χ2v) is 4.33. The zero-order chi connectivity index (χ0) is 12.3. The highest BCUT2D eigenvalue weighted by atomic mass is 16.5. The summed E-state index contributed by atoms with van der Waals surface area (Å²) < 4.78 is 5.11. The fourth-order valence-corrected chi connectivity index (χ4v) is 2.42. The van der Waals surface area contributed by atoms with Crippen molar-refractivity contribution in [2.24, 2.45) is 0 Å². The molecule has 2 rings (SSSR count). The predicted molar refractivity (Wildman–Crippen MR) is 64.4 cm³/mol. The molecule has 0 radical (unpaired) electrons. The molecule has 1 heterocycles. The van der Waals surface area contributed by atoms with Gasteiger partial charge in [-0.25, -0.2) is 0 Å². The van der Waals surface area contributed by atoms with Crippen LogP contribution in [-0.4, -0.2) is 30.8 Å². The lowest BCUT2D eigenvalue weighted by Crippen LogP contribution is -2.28. The fourth-order valence-electron chi connectivity index (χ4n) is 2.42. The van der Waals surface area contributed by atoms with E-state index in [-0.39, 0.29) is 18.4 Å². The van der Waals surface area contributed by atoms with Crippen molar-refractivity contribution in [2.75, 3.05) is 13.7 Å². The Labute approximate surface area is 101 Å². The molecule has 0 aliphatic carbocycles. The SMILES string of the molecule is COc1ccc([C@@H]2CCN[C@H]2CC(=O)O)cc1. The van der Waals surface area contributed by atoms with E-state index >= 15 is 0 Å². The maximum Gasteiger partial charge on any atom is 0.304 e. The van der Waals surface area contributed by atoms with Crippen LogP contribution in [-0.2, 0) is 4.79 Å². The Kier molecular flexibility index (Phi) is 3.64. The summed E-state index contributed by atoms with van der Waals surface area (Å²) in [5.74, 6) is 0.370. The molecular formula is C13H17NO3. The van der Waals surface area contributed by atoms with Crippen LogP contribution in [0.2, 0.25) is 0 Å². The molecule has 4 nitrogen and oxygen atoms in total. The van der Waals surface area contributed by atoms with Crippen LogP contribution in [0.15, 0.2) is 24.3 Å². The lowest BCUT2D eigenvalue weighted by atomic mass is 9.90. The van der Waals surface area contributed by atoms with Gasteiger partial charge in [-0.15, -0.1) is 0 Å². The highest BCUT2D eigenvalue weighted by molar-refractivity contribution is 5.67. The molecule has 1 aliphatic rings. The molecule has 0 saturated carbocycles. The number of benzene rings is 1. The fraction of sp³-hybridized carbons (Fsp3) is 0.462. The van der Waals surface area contributed by atoms with E-state index in [2.05, 4.69) is 5.32 Å². The van der Waals surface area contributed by atoms with Gasteiger partial charge in [-0.3, -0.25) is 4.79 Å². The lowest BCUT2D eigenvalue weighted by Gasteiger charge is -2.18. The molecule has 1 aromatic carbocycles. The van der Waals surface area contributed by atoms with Crippen LogP contribution in [0.1, 0.15) is 24.3 Å². The van der Waals surface area contributed by atoms with Gasteiger partial charge in [-0.05, 0) is 30.7 Å². The third-order valence-corrected chi connectivity index (χ3v) is 3.29. The van der Waals surface area contributed by atoms with Crippen molar-refractivity contribution in [3.8, 4) is 5.75 Å². The molecule has 1 saturated heterocycles. The Bertz CT molecular complexity index is 388. The second-order valence-electron chi connectivity index (χ2n) is 4.33. The summed E-state index contributed by atoms with van der Waals surface area (Å²) in [6.45, 7) is 0.884. The summed E-state index contributed by atoms with van der Waals surface area (Å²) in [6.07, 6.45) is 1.17. The Morgan fingerprint density at radius 1 is 1.47 bits per heavy atom. The third kappa shape index (κ3) is 2.77. The minimum Gasteiger partial charge on any atom is -0.497 e. The summed E-state index contributed by atoms with van der Waals surface area (Å²) in [7, 11) is 1.64. The zero-order valence-corrected chi connectivity index (χ0v) is 9.85. The Morgan fingerprint density at radius 3 is 2.76 bits per heavy atom. The molecule has 0 amide bonds. The number of ether oxygens (including phenoxy) is 1. The van der Waals surface area contributed by atoms with E-state index in [1.54, 1.807) is 7.11 Å². The normalized spacial score (nSPS) is 23.6. The quantitative estimate of drug-likeness (QED) is 0.832. The van der Waals surface area contributed by atoms with E-state index in [9.17, 15) is 4.79 Å². The molecule has 1 aliphatic heterocycles. The lowest BCUT2D eigenvalue weighted by molar-refractivity contribution is -0.137. The van der Waals surface area contributed by atoms with Gasteiger partial charge in [-0.2, -0.15) is 0 Å². The van der Waals surface area contributed by atoms with Gasteiger partial charge in [0.2, 0.25) is 0 Å². The Morgan fingerprint density at radius 2 is 2.18 bits per heavy atom. The van der Waals surface area contributed by atoms with Gasteiger partial charge in [0.05, 0.1) is 13.5 Å². The average Bonchev–Trinajstić information content (AvgIpc) is 2.76. The molecule has 4 heteroatoms. The van der Waals surface area contributed by atoms with Crippen LogP contribution in [0.3, 0.4) is 0 Å². The Balaban J connectivity index is 2.11. The molecule has 2 N–H and O–H groups in total. The van der Waals surface area contributed by atoms with E-state index in [1.807, 2.05) is 24.3 Å². The standard InChI is InChI=1S/C13H17NO3/c1-17-10-4-2-9(3-5-10)11-6-7-14-12(11)8-13(15)16/h2-5,11-12,14H,6-8H2,1H3,(H,15,16)/t11-,12-/m0/s1. The van der Waals surface area contributed by atoms with Gasteiger partial charge in [0.25, 0.3) is 0 Å². The van der Waals surface area contributed by atoms with E-state index in [0.29, 0.717) is 0 Å². The van der Waals surface area contributed by atoms with Crippen molar-refractivity contribution >= 4 is 5.97 Å². The van der Waals surface area contributed by atoms with Gasteiger partial charge in [0, 0.05) is 12.0 Å². The first-order valence-electron chi connectivity index (χ1n) is 5.80. The van der Waals surface area contributed by atoms with Crippen LogP contribution in [0, 0.1) is 0 Å². The highest BCUT2D eigenvalue weighted by Gasteiger charge is 2.29. The molecule has 0 unspecified atom stereocenters. The van der Waals surface area contributed by atoms with Gasteiger partial charge < -0.3 is 15.2 Å². The minimum absolute atomic E-state index is 0.0425. The molecule has 1 aromatic rings. The van der Waals surface area contributed by atoms with Gasteiger partial charge in [0.15, 0.2) is 0 Å². The van der Waals surface area contributed by atoms with Crippen molar-refractivity contribution in [3.63, 3.8) is 0 Å². The number of carboxylic acids is 1. The number of aliphatic carboxylic acids is 1. The molecule has 0 bridgehead atoms. The van der Waals surface area contributed by atoms with Crippen LogP contribution in [0.4, 0.5) is 0 Å². The van der Waals surface area contributed by atoms with E-state index in [1.165, 1.54) is 5.56 Å². The molecule has 92 valence electrons. The molecule has 0 spiro atoms. The van der Waals surface area contributed by atoms with Gasteiger partial charge >= 0.3 is 5.97 Å². The first kappa shape index (κ1) is 11.9. The number of nitrogens with one attached hydrogen (secondary N) is 1. The van der Waals surface area contributed by atoms with E-state index in [4.69, 9.17) is 9.84 Å². The second kappa shape index (κ2) is 5.19. The van der Waals surface area contributed by atoms with Crippen molar-refractivity contribution < 1.29 is 14.6 Å². The van der Waals surface area contributed by atoms with Crippen molar-refractivity contribution in [3.05, 3.63) is 29.8 Å². The first-order valence-corrected chi connectivity index (χ1v) is 5.80. The van der Waals surface area contributed by atoms with Gasteiger partial charge in [0.1, 0.15) is 5.75 Å². The largest absolute Gasteiger partial charge is 0.497 e. The first-order chi connectivity index (χ1) is 8.20. The van der Waals surface area contributed by atoms with E-state index in [0.717, 1.165) is 18.7 Å². The summed E-state index contributed by atoms with van der Waals surface area (Å²) >= 11 is 0. The summed E-state index contributed by atoms with van der Waals surface area (Å²) in [6, 6.07) is 7.93. The topological polar surface area (TPSA) is 58.6 Å². The number of methoxy groups -OCH3 is 1. The molecule has 0 aromatic heterocycles. The number of hydrogen-bond donors (Lipinski definition) is 2. The maximum absolute atomic E-state index is 10.8. The summed E-state index contributed by atoms with van der Waals surface area (Å²) in [5.41, 5.74) is 1.18. The van der Waals surface area contributed by atoms with Crippen LogP contribution in [0.25, 0.3) is 0 Å². The molecular weight excluding hydrogens is 218 g/mol. The zero-order valence-electron chi connectivity index (χ0n) is 9.85.